The third-order valence-corrected chi connectivity index (χ3v) is 5.27. The van der Waals surface area contributed by atoms with Crippen LogP contribution in [0.15, 0.2) is 59.9 Å². The molecule has 3 heterocycles. The van der Waals surface area contributed by atoms with Gasteiger partial charge in [-0.05, 0) is 48.2 Å². The minimum absolute atomic E-state index is 0.196. The summed E-state index contributed by atoms with van der Waals surface area (Å²) in [5, 5.41) is 0.468. The SMILES string of the molecule is COc1ccc(C2CCc3ccc(C(F)(F)F)cc3N=C2c2ccc(Cl)cn2)cn1. The van der Waals surface area contributed by atoms with Crippen LogP contribution in [0.4, 0.5) is 18.9 Å². The highest BCUT2D eigenvalue weighted by Gasteiger charge is 2.32. The second-order valence-electron chi connectivity index (χ2n) is 6.93. The van der Waals surface area contributed by atoms with Gasteiger partial charge in [0.1, 0.15) is 0 Å². The number of halogens is 4. The Morgan fingerprint density at radius 1 is 1.03 bits per heavy atom. The molecule has 1 unspecified atom stereocenters. The number of hydrogen-bond acceptors (Lipinski definition) is 4. The molecule has 0 fully saturated rings. The van der Waals surface area contributed by atoms with Crippen molar-refractivity contribution in [3.8, 4) is 5.88 Å². The lowest BCUT2D eigenvalue weighted by atomic mass is 9.88. The molecule has 1 aliphatic heterocycles. The van der Waals surface area contributed by atoms with E-state index in [1.165, 1.54) is 19.4 Å². The first-order valence-corrected chi connectivity index (χ1v) is 9.63. The number of aliphatic imine (C=N–C) groups is 1. The van der Waals surface area contributed by atoms with Crippen LogP contribution in [0.2, 0.25) is 5.02 Å². The predicted molar refractivity (Wildman–Crippen MR) is 109 cm³/mol. The Bertz CT molecular complexity index is 1080. The smallest absolute Gasteiger partial charge is 0.416 e. The highest BCUT2D eigenvalue weighted by Crippen LogP contribution is 2.38. The first-order chi connectivity index (χ1) is 14.3. The van der Waals surface area contributed by atoms with Gasteiger partial charge < -0.3 is 4.74 Å². The minimum atomic E-state index is -4.44. The van der Waals surface area contributed by atoms with E-state index >= 15 is 0 Å². The van der Waals surface area contributed by atoms with Crippen LogP contribution in [0.25, 0.3) is 0 Å². The molecule has 1 aliphatic rings. The summed E-state index contributed by atoms with van der Waals surface area (Å²) in [6, 6.07) is 10.8. The molecular weight excluding hydrogens is 415 g/mol. The summed E-state index contributed by atoms with van der Waals surface area (Å²) in [5.41, 5.74) is 2.37. The molecule has 0 aliphatic carbocycles. The lowest BCUT2D eigenvalue weighted by Crippen LogP contribution is -2.15. The van der Waals surface area contributed by atoms with E-state index in [2.05, 4.69) is 15.0 Å². The first-order valence-electron chi connectivity index (χ1n) is 9.26. The fraction of sp³-hybridized carbons (Fsp3) is 0.227. The van der Waals surface area contributed by atoms with E-state index in [1.807, 2.05) is 6.07 Å². The average Bonchev–Trinajstić information content (AvgIpc) is 2.93. The van der Waals surface area contributed by atoms with Gasteiger partial charge in [-0.1, -0.05) is 23.7 Å². The third-order valence-electron chi connectivity index (χ3n) is 5.05. The Hall–Kier alpha value is -2.93. The highest BCUT2D eigenvalue weighted by molar-refractivity contribution is 6.30. The molecule has 0 amide bonds. The van der Waals surface area contributed by atoms with E-state index in [1.54, 1.807) is 24.4 Å². The number of hydrogen-bond donors (Lipinski definition) is 0. The summed E-state index contributed by atoms with van der Waals surface area (Å²) in [7, 11) is 1.53. The van der Waals surface area contributed by atoms with Gasteiger partial charge in [0.15, 0.2) is 0 Å². The molecule has 0 radical (unpaired) electrons. The van der Waals surface area contributed by atoms with Crippen LogP contribution in [-0.2, 0) is 12.6 Å². The molecule has 154 valence electrons. The Morgan fingerprint density at radius 2 is 1.87 bits per heavy atom. The van der Waals surface area contributed by atoms with Crippen molar-refractivity contribution >= 4 is 23.0 Å². The molecule has 30 heavy (non-hydrogen) atoms. The highest BCUT2D eigenvalue weighted by atomic mass is 35.5. The molecule has 0 saturated heterocycles. The standard InChI is InChI=1S/C22H17ClF3N3O/c1-30-20-9-4-14(11-28-20)17-7-3-13-2-5-15(22(24,25)26)10-19(13)29-21(17)18-8-6-16(23)12-27-18/h2,4-6,8-12,17H,3,7H2,1H3. The van der Waals surface area contributed by atoms with Crippen LogP contribution < -0.4 is 4.74 Å². The molecule has 0 spiro atoms. The fourth-order valence-electron chi connectivity index (χ4n) is 3.51. The van der Waals surface area contributed by atoms with Gasteiger partial charge in [0, 0.05) is 24.4 Å². The fourth-order valence-corrected chi connectivity index (χ4v) is 3.62. The van der Waals surface area contributed by atoms with Crippen molar-refractivity contribution in [2.24, 2.45) is 4.99 Å². The summed E-state index contributed by atoms with van der Waals surface area (Å²) in [4.78, 5) is 13.3. The molecule has 8 heteroatoms. The Morgan fingerprint density at radius 3 is 2.50 bits per heavy atom. The predicted octanol–water partition coefficient (Wildman–Crippen LogP) is 6.01. The maximum atomic E-state index is 13.2. The van der Waals surface area contributed by atoms with E-state index in [0.29, 0.717) is 40.8 Å². The normalized spacial score (nSPS) is 16.4. The molecular formula is C22H17ClF3N3O. The van der Waals surface area contributed by atoms with Crippen LogP contribution in [0, 0.1) is 0 Å². The molecule has 0 N–H and O–H groups in total. The van der Waals surface area contributed by atoms with Crippen molar-refractivity contribution < 1.29 is 17.9 Å². The molecule has 0 bridgehead atoms. The second-order valence-corrected chi connectivity index (χ2v) is 7.36. The summed E-state index contributed by atoms with van der Waals surface area (Å²) in [6.07, 6.45) is -0.0120. The largest absolute Gasteiger partial charge is 0.481 e. The van der Waals surface area contributed by atoms with Crippen molar-refractivity contribution in [2.45, 2.75) is 24.9 Å². The number of alkyl halides is 3. The second kappa shape index (κ2) is 8.07. The quantitative estimate of drug-likeness (QED) is 0.510. The Labute approximate surface area is 176 Å². The molecule has 3 aromatic rings. The minimum Gasteiger partial charge on any atom is -0.481 e. The summed E-state index contributed by atoms with van der Waals surface area (Å²) >= 11 is 5.97. The zero-order chi connectivity index (χ0) is 21.3. The van der Waals surface area contributed by atoms with E-state index in [9.17, 15) is 13.2 Å². The van der Waals surface area contributed by atoms with E-state index in [-0.39, 0.29) is 5.92 Å². The Kier molecular flexibility index (Phi) is 5.47. The van der Waals surface area contributed by atoms with E-state index in [4.69, 9.17) is 16.3 Å². The van der Waals surface area contributed by atoms with Crippen LogP contribution in [-0.4, -0.2) is 22.8 Å². The molecule has 4 rings (SSSR count). The van der Waals surface area contributed by atoms with Crippen LogP contribution in [0.3, 0.4) is 0 Å². The maximum absolute atomic E-state index is 13.2. The summed E-state index contributed by atoms with van der Waals surface area (Å²) < 4.78 is 44.9. The van der Waals surface area contributed by atoms with E-state index in [0.717, 1.165) is 23.3 Å². The van der Waals surface area contributed by atoms with Gasteiger partial charge in [-0.3, -0.25) is 9.98 Å². The van der Waals surface area contributed by atoms with Crippen LogP contribution in [0.1, 0.15) is 34.7 Å². The number of aryl methyl sites for hydroxylation is 1. The zero-order valence-electron chi connectivity index (χ0n) is 15.9. The van der Waals surface area contributed by atoms with Crippen LogP contribution >= 0.6 is 11.6 Å². The number of aromatic nitrogens is 2. The van der Waals surface area contributed by atoms with Gasteiger partial charge in [-0.25, -0.2) is 4.98 Å². The molecule has 1 atom stereocenters. The first kappa shape index (κ1) is 20.3. The van der Waals surface area contributed by atoms with Crippen molar-refractivity contribution in [3.05, 3.63) is 82.3 Å². The van der Waals surface area contributed by atoms with E-state index < -0.39 is 11.7 Å². The van der Waals surface area contributed by atoms with Gasteiger partial charge in [0.05, 0.1) is 34.8 Å². The van der Waals surface area contributed by atoms with Gasteiger partial charge in [-0.15, -0.1) is 0 Å². The number of rotatable bonds is 3. The number of methoxy groups -OCH3 is 1. The number of benzene rings is 1. The van der Waals surface area contributed by atoms with Gasteiger partial charge in [0.25, 0.3) is 0 Å². The van der Waals surface area contributed by atoms with Crippen LogP contribution in [0.5, 0.6) is 5.88 Å². The molecule has 1 aromatic carbocycles. The van der Waals surface area contributed by atoms with Crippen molar-refractivity contribution in [1.29, 1.82) is 0 Å². The van der Waals surface area contributed by atoms with Crippen molar-refractivity contribution in [3.63, 3.8) is 0 Å². The summed E-state index contributed by atoms with van der Waals surface area (Å²) in [5.74, 6) is 0.285. The number of nitrogens with zero attached hydrogens (tertiary/aromatic N) is 3. The average molecular weight is 432 g/mol. The lowest BCUT2D eigenvalue weighted by molar-refractivity contribution is -0.137. The molecule has 0 saturated carbocycles. The number of ether oxygens (including phenoxy) is 1. The third kappa shape index (κ3) is 4.16. The van der Waals surface area contributed by atoms with Crippen molar-refractivity contribution in [1.82, 2.24) is 9.97 Å². The Balaban J connectivity index is 1.85. The monoisotopic (exact) mass is 431 g/mol. The number of fused-ring (bicyclic) bond motifs is 1. The topological polar surface area (TPSA) is 47.4 Å². The van der Waals surface area contributed by atoms with Crippen molar-refractivity contribution in [2.75, 3.05) is 7.11 Å². The lowest BCUT2D eigenvalue weighted by Gasteiger charge is -2.17. The van der Waals surface area contributed by atoms with Gasteiger partial charge >= 0.3 is 6.18 Å². The maximum Gasteiger partial charge on any atom is 0.416 e. The van der Waals surface area contributed by atoms with Gasteiger partial charge in [-0.2, -0.15) is 13.2 Å². The molecule has 4 nitrogen and oxygen atoms in total. The number of pyridine rings is 2. The zero-order valence-corrected chi connectivity index (χ0v) is 16.7. The van der Waals surface area contributed by atoms with Gasteiger partial charge in [0.2, 0.25) is 5.88 Å². The summed E-state index contributed by atoms with van der Waals surface area (Å²) in [6.45, 7) is 0. The molecule has 2 aromatic heterocycles.